The van der Waals surface area contributed by atoms with Gasteiger partial charge in [0.05, 0.1) is 12.4 Å². The number of rotatable bonds is 6. The zero-order chi connectivity index (χ0) is 15.3. The molecule has 0 radical (unpaired) electrons. The molecule has 0 aliphatic rings. The molecule has 0 fully saturated rings. The zero-order valence-electron chi connectivity index (χ0n) is 11.4. The SMILES string of the molecule is CCNc1ncc(S(=O)(=O)NCc2ccc(Br)cc2)cn1. The van der Waals surface area contributed by atoms with E-state index in [1.54, 1.807) is 0 Å². The molecule has 6 nitrogen and oxygen atoms in total. The number of nitrogens with zero attached hydrogens (tertiary/aromatic N) is 2. The van der Waals surface area contributed by atoms with Crippen molar-refractivity contribution < 1.29 is 8.42 Å². The Morgan fingerprint density at radius 1 is 1.14 bits per heavy atom. The summed E-state index contributed by atoms with van der Waals surface area (Å²) in [6, 6.07) is 7.41. The Kier molecular flexibility index (Phi) is 5.27. The molecule has 1 aromatic heterocycles. The van der Waals surface area contributed by atoms with Crippen molar-refractivity contribution in [2.24, 2.45) is 0 Å². The summed E-state index contributed by atoms with van der Waals surface area (Å²) in [5.41, 5.74) is 0.868. The van der Waals surface area contributed by atoms with Crippen molar-refractivity contribution >= 4 is 31.9 Å². The highest BCUT2D eigenvalue weighted by atomic mass is 79.9. The first-order chi connectivity index (χ1) is 10.0. The number of benzene rings is 1. The lowest BCUT2D eigenvalue weighted by Gasteiger charge is -2.07. The van der Waals surface area contributed by atoms with Gasteiger partial charge in [0, 0.05) is 17.6 Å². The average Bonchev–Trinajstić information content (AvgIpc) is 2.48. The molecule has 1 aromatic carbocycles. The van der Waals surface area contributed by atoms with Crippen molar-refractivity contribution in [3.63, 3.8) is 0 Å². The van der Waals surface area contributed by atoms with Crippen molar-refractivity contribution in [2.45, 2.75) is 18.4 Å². The van der Waals surface area contributed by atoms with Crippen LogP contribution in [0, 0.1) is 0 Å². The van der Waals surface area contributed by atoms with Gasteiger partial charge in [-0.15, -0.1) is 0 Å². The summed E-state index contributed by atoms with van der Waals surface area (Å²) in [6.07, 6.45) is 2.57. The van der Waals surface area contributed by atoms with E-state index in [0.29, 0.717) is 12.5 Å². The quantitative estimate of drug-likeness (QED) is 0.813. The summed E-state index contributed by atoms with van der Waals surface area (Å²) in [5, 5.41) is 2.91. The monoisotopic (exact) mass is 370 g/mol. The molecule has 0 saturated carbocycles. The second-order valence-electron chi connectivity index (χ2n) is 4.22. The topological polar surface area (TPSA) is 84.0 Å². The molecule has 2 rings (SSSR count). The number of halogens is 1. The molecule has 2 aromatic rings. The van der Waals surface area contributed by atoms with E-state index < -0.39 is 10.0 Å². The minimum atomic E-state index is -3.61. The number of sulfonamides is 1. The number of anilines is 1. The molecule has 21 heavy (non-hydrogen) atoms. The number of aromatic nitrogens is 2. The Morgan fingerprint density at radius 3 is 2.33 bits per heavy atom. The third-order valence-electron chi connectivity index (χ3n) is 2.65. The first-order valence-corrected chi connectivity index (χ1v) is 8.59. The summed E-state index contributed by atoms with van der Waals surface area (Å²) in [7, 11) is -3.61. The van der Waals surface area contributed by atoms with E-state index in [0.717, 1.165) is 10.0 Å². The molecule has 0 bridgehead atoms. The van der Waals surface area contributed by atoms with E-state index in [1.165, 1.54) is 12.4 Å². The average molecular weight is 371 g/mol. The van der Waals surface area contributed by atoms with Crippen LogP contribution in [0.5, 0.6) is 0 Å². The van der Waals surface area contributed by atoms with E-state index in [4.69, 9.17) is 0 Å². The largest absolute Gasteiger partial charge is 0.355 e. The van der Waals surface area contributed by atoms with Crippen LogP contribution in [0.3, 0.4) is 0 Å². The van der Waals surface area contributed by atoms with Crippen molar-refractivity contribution in [3.05, 3.63) is 46.7 Å². The summed E-state index contributed by atoms with van der Waals surface area (Å²) < 4.78 is 27.7. The van der Waals surface area contributed by atoms with Crippen LogP contribution in [-0.2, 0) is 16.6 Å². The fourth-order valence-corrected chi connectivity index (χ4v) is 2.74. The van der Waals surface area contributed by atoms with Gasteiger partial charge in [-0.25, -0.2) is 23.1 Å². The van der Waals surface area contributed by atoms with E-state index in [-0.39, 0.29) is 11.4 Å². The van der Waals surface area contributed by atoms with Crippen molar-refractivity contribution in [3.8, 4) is 0 Å². The van der Waals surface area contributed by atoms with Crippen LogP contribution in [0.4, 0.5) is 5.95 Å². The first-order valence-electron chi connectivity index (χ1n) is 6.31. The van der Waals surface area contributed by atoms with E-state index in [1.807, 2.05) is 31.2 Å². The lowest BCUT2D eigenvalue weighted by molar-refractivity contribution is 0.580. The Balaban J connectivity index is 2.05. The molecule has 2 N–H and O–H groups in total. The summed E-state index contributed by atoms with van der Waals surface area (Å²) >= 11 is 3.33. The maximum Gasteiger partial charge on any atom is 0.243 e. The lowest BCUT2D eigenvalue weighted by atomic mass is 10.2. The maximum atomic E-state index is 12.1. The molecular weight excluding hydrogens is 356 g/mol. The van der Waals surface area contributed by atoms with Gasteiger partial charge in [0.2, 0.25) is 16.0 Å². The standard InChI is InChI=1S/C13H15BrN4O2S/c1-2-15-13-16-8-12(9-17-13)21(19,20)18-7-10-3-5-11(14)6-4-10/h3-6,8-9,18H,2,7H2,1H3,(H,15,16,17). The minimum absolute atomic E-state index is 0.0428. The van der Waals surface area contributed by atoms with Gasteiger partial charge in [-0.2, -0.15) is 0 Å². The van der Waals surface area contributed by atoms with Crippen LogP contribution in [0.25, 0.3) is 0 Å². The molecule has 0 saturated heterocycles. The second-order valence-corrected chi connectivity index (χ2v) is 6.91. The Labute approximate surface area is 132 Å². The van der Waals surface area contributed by atoms with E-state index in [9.17, 15) is 8.42 Å². The minimum Gasteiger partial charge on any atom is -0.355 e. The molecule has 112 valence electrons. The van der Waals surface area contributed by atoms with E-state index >= 15 is 0 Å². The number of hydrogen-bond acceptors (Lipinski definition) is 5. The highest BCUT2D eigenvalue weighted by Crippen LogP contribution is 2.12. The van der Waals surface area contributed by atoms with Crippen molar-refractivity contribution in [1.82, 2.24) is 14.7 Å². The Morgan fingerprint density at radius 2 is 1.76 bits per heavy atom. The number of nitrogens with one attached hydrogen (secondary N) is 2. The van der Waals surface area contributed by atoms with Crippen LogP contribution in [0.2, 0.25) is 0 Å². The van der Waals surface area contributed by atoms with Gasteiger partial charge in [0.15, 0.2) is 0 Å². The molecular formula is C13H15BrN4O2S. The summed E-state index contributed by atoms with van der Waals surface area (Å²) in [4.78, 5) is 7.95. The molecule has 0 spiro atoms. The van der Waals surface area contributed by atoms with Crippen LogP contribution < -0.4 is 10.0 Å². The lowest BCUT2D eigenvalue weighted by Crippen LogP contribution is -2.23. The maximum absolute atomic E-state index is 12.1. The smallest absolute Gasteiger partial charge is 0.243 e. The summed E-state index contributed by atoms with van der Waals surface area (Å²) in [6.45, 7) is 2.80. The third kappa shape index (κ3) is 4.48. The molecule has 0 atom stereocenters. The highest BCUT2D eigenvalue weighted by Gasteiger charge is 2.14. The van der Waals surface area contributed by atoms with Gasteiger partial charge in [0.1, 0.15) is 4.90 Å². The van der Waals surface area contributed by atoms with Crippen LogP contribution in [0.1, 0.15) is 12.5 Å². The van der Waals surface area contributed by atoms with Gasteiger partial charge in [-0.3, -0.25) is 0 Å². The van der Waals surface area contributed by atoms with Gasteiger partial charge < -0.3 is 5.32 Å². The first kappa shape index (κ1) is 15.9. The van der Waals surface area contributed by atoms with Crippen molar-refractivity contribution in [2.75, 3.05) is 11.9 Å². The molecule has 0 aliphatic heterocycles. The van der Waals surface area contributed by atoms with Gasteiger partial charge in [-0.1, -0.05) is 28.1 Å². The van der Waals surface area contributed by atoms with Gasteiger partial charge >= 0.3 is 0 Å². The summed E-state index contributed by atoms with van der Waals surface area (Å²) in [5.74, 6) is 0.407. The van der Waals surface area contributed by atoms with E-state index in [2.05, 4.69) is 35.9 Å². The van der Waals surface area contributed by atoms with Crippen LogP contribution in [-0.4, -0.2) is 24.9 Å². The fraction of sp³-hybridized carbons (Fsp3) is 0.231. The number of hydrogen-bond donors (Lipinski definition) is 2. The fourth-order valence-electron chi connectivity index (χ4n) is 1.57. The predicted molar refractivity (Wildman–Crippen MR) is 84.4 cm³/mol. The highest BCUT2D eigenvalue weighted by molar-refractivity contribution is 9.10. The molecule has 1 heterocycles. The second kappa shape index (κ2) is 6.97. The van der Waals surface area contributed by atoms with Crippen LogP contribution in [0.15, 0.2) is 46.0 Å². The normalized spacial score (nSPS) is 11.3. The Hall–Kier alpha value is -1.51. The van der Waals surface area contributed by atoms with Gasteiger partial charge in [-0.05, 0) is 24.6 Å². The van der Waals surface area contributed by atoms with Crippen LogP contribution >= 0.6 is 15.9 Å². The Bertz CT molecular complexity index is 687. The molecule has 0 unspecified atom stereocenters. The molecule has 8 heteroatoms. The predicted octanol–water partition coefficient (Wildman–Crippen LogP) is 2.15. The zero-order valence-corrected chi connectivity index (χ0v) is 13.8. The third-order valence-corrected chi connectivity index (χ3v) is 4.54. The van der Waals surface area contributed by atoms with Crippen molar-refractivity contribution in [1.29, 1.82) is 0 Å². The molecule has 0 amide bonds. The van der Waals surface area contributed by atoms with Gasteiger partial charge in [0.25, 0.3) is 0 Å². The molecule has 0 aliphatic carbocycles.